The number of amides is 1. The zero-order valence-corrected chi connectivity index (χ0v) is 13.3. The lowest BCUT2D eigenvalue weighted by atomic mass is 9.90. The standard InChI is InChI=1S/C17H24N2O.ClH/c20-17(19-16-7-9-18-10-8-16)12-13-5-6-14-3-1-2-4-15(14)11-13;/h5-6,11,16,18H,1-4,7-10,12H2,(H,19,20);1H. The summed E-state index contributed by atoms with van der Waals surface area (Å²) in [7, 11) is 0. The summed E-state index contributed by atoms with van der Waals surface area (Å²) in [5.74, 6) is 0.174. The SMILES string of the molecule is Cl.O=C(Cc1ccc2c(c1)CCCC2)NC1CCNCC1. The summed E-state index contributed by atoms with van der Waals surface area (Å²) >= 11 is 0. The van der Waals surface area contributed by atoms with Gasteiger partial charge in [0.25, 0.3) is 0 Å². The maximum absolute atomic E-state index is 12.1. The number of nitrogens with one attached hydrogen (secondary N) is 2. The van der Waals surface area contributed by atoms with Crippen LogP contribution in [0, 0.1) is 0 Å². The van der Waals surface area contributed by atoms with Gasteiger partial charge in [-0.05, 0) is 68.3 Å². The zero-order chi connectivity index (χ0) is 13.8. The topological polar surface area (TPSA) is 41.1 Å². The van der Waals surface area contributed by atoms with Crippen molar-refractivity contribution in [2.24, 2.45) is 0 Å². The number of carbonyl (C=O) groups is 1. The van der Waals surface area contributed by atoms with Crippen molar-refractivity contribution in [2.75, 3.05) is 13.1 Å². The maximum atomic E-state index is 12.1. The smallest absolute Gasteiger partial charge is 0.224 e. The molecule has 1 aromatic carbocycles. The van der Waals surface area contributed by atoms with Crippen LogP contribution in [0.2, 0.25) is 0 Å². The van der Waals surface area contributed by atoms with Crippen molar-refractivity contribution in [3.8, 4) is 0 Å². The summed E-state index contributed by atoms with van der Waals surface area (Å²) in [4.78, 5) is 12.1. The van der Waals surface area contributed by atoms with E-state index in [-0.39, 0.29) is 18.3 Å². The predicted octanol–water partition coefficient (Wildman–Crippen LogP) is 2.40. The highest BCUT2D eigenvalue weighted by Crippen LogP contribution is 2.22. The molecule has 1 aliphatic heterocycles. The molecule has 1 heterocycles. The molecule has 1 amide bonds. The van der Waals surface area contributed by atoms with Gasteiger partial charge in [-0.3, -0.25) is 4.79 Å². The quantitative estimate of drug-likeness (QED) is 0.900. The van der Waals surface area contributed by atoms with Gasteiger partial charge >= 0.3 is 0 Å². The Labute approximate surface area is 133 Å². The summed E-state index contributed by atoms with van der Waals surface area (Å²) < 4.78 is 0. The number of aryl methyl sites for hydroxylation is 2. The molecule has 0 aromatic heterocycles. The van der Waals surface area contributed by atoms with Gasteiger partial charge in [-0.1, -0.05) is 18.2 Å². The van der Waals surface area contributed by atoms with E-state index in [1.54, 1.807) is 0 Å². The molecule has 0 unspecified atom stereocenters. The minimum absolute atomic E-state index is 0. The Kier molecular flexibility index (Phi) is 6.07. The summed E-state index contributed by atoms with van der Waals surface area (Å²) in [6, 6.07) is 6.96. The van der Waals surface area contributed by atoms with E-state index in [0.29, 0.717) is 12.5 Å². The number of benzene rings is 1. The molecule has 21 heavy (non-hydrogen) atoms. The molecule has 0 saturated carbocycles. The van der Waals surface area contributed by atoms with Gasteiger partial charge < -0.3 is 10.6 Å². The molecule has 2 aliphatic rings. The number of carbonyl (C=O) groups excluding carboxylic acids is 1. The molecule has 0 atom stereocenters. The van der Waals surface area contributed by atoms with Gasteiger partial charge in [0, 0.05) is 6.04 Å². The van der Waals surface area contributed by atoms with Gasteiger partial charge in [0.2, 0.25) is 5.91 Å². The molecule has 0 bridgehead atoms. The first kappa shape index (κ1) is 16.3. The molecular weight excluding hydrogens is 284 g/mol. The first-order chi connectivity index (χ1) is 9.81. The molecule has 0 radical (unpaired) electrons. The molecule has 2 N–H and O–H groups in total. The molecular formula is C17H25ClN2O. The minimum Gasteiger partial charge on any atom is -0.353 e. The third kappa shape index (κ3) is 4.45. The maximum Gasteiger partial charge on any atom is 0.224 e. The van der Waals surface area contributed by atoms with Gasteiger partial charge in [-0.2, -0.15) is 0 Å². The van der Waals surface area contributed by atoms with Crippen LogP contribution in [0.1, 0.15) is 42.4 Å². The third-order valence-electron chi connectivity index (χ3n) is 4.48. The first-order valence-corrected chi connectivity index (χ1v) is 7.92. The van der Waals surface area contributed by atoms with E-state index in [9.17, 15) is 4.79 Å². The highest BCUT2D eigenvalue weighted by Gasteiger charge is 2.16. The second-order valence-corrected chi connectivity index (χ2v) is 6.08. The highest BCUT2D eigenvalue weighted by molar-refractivity contribution is 5.85. The Balaban J connectivity index is 0.00000161. The molecule has 1 aliphatic carbocycles. The Morgan fingerprint density at radius 3 is 2.62 bits per heavy atom. The molecule has 1 fully saturated rings. The molecule has 3 nitrogen and oxygen atoms in total. The number of piperidine rings is 1. The molecule has 1 aromatic rings. The van der Waals surface area contributed by atoms with E-state index in [1.165, 1.54) is 36.8 Å². The average molecular weight is 309 g/mol. The van der Waals surface area contributed by atoms with Crippen molar-refractivity contribution in [2.45, 2.75) is 51.0 Å². The summed E-state index contributed by atoms with van der Waals surface area (Å²) in [6.07, 6.45) is 7.61. The van der Waals surface area contributed by atoms with Crippen molar-refractivity contribution < 1.29 is 4.79 Å². The first-order valence-electron chi connectivity index (χ1n) is 7.92. The molecule has 1 saturated heterocycles. The average Bonchev–Trinajstić information content (AvgIpc) is 2.48. The number of hydrogen-bond acceptors (Lipinski definition) is 2. The largest absolute Gasteiger partial charge is 0.353 e. The Hall–Kier alpha value is -1.06. The predicted molar refractivity (Wildman–Crippen MR) is 88.1 cm³/mol. The number of halogens is 1. The van der Waals surface area contributed by atoms with Gasteiger partial charge in [-0.25, -0.2) is 0 Å². The molecule has 0 spiro atoms. The van der Waals surface area contributed by atoms with E-state index in [4.69, 9.17) is 0 Å². The fraction of sp³-hybridized carbons (Fsp3) is 0.588. The van der Waals surface area contributed by atoms with Crippen molar-refractivity contribution in [3.05, 3.63) is 34.9 Å². The molecule has 116 valence electrons. The van der Waals surface area contributed by atoms with Gasteiger partial charge in [0.15, 0.2) is 0 Å². The third-order valence-corrected chi connectivity index (χ3v) is 4.48. The second kappa shape index (κ2) is 7.81. The number of hydrogen-bond donors (Lipinski definition) is 2. The van der Waals surface area contributed by atoms with E-state index >= 15 is 0 Å². The Morgan fingerprint density at radius 1 is 1.14 bits per heavy atom. The van der Waals surface area contributed by atoms with Crippen molar-refractivity contribution in [1.82, 2.24) is 10.6 Å². The Morgan fingerprint density at radius 2 is 1.86 bits per heavy atom. The fourth-order valence-electron chi connectivity index (χ4n) is 3.33. The van der Waals surface area contributed by atoms with Crippen LogP contribution in [0.3, 0.4) is 0 Å². The molecule has 4 heteroatoms. The van der Waals surface area contributed by atoms with Crippen LogP contribution in [0.25, 0.3) is 0 Å². The van der Waals surface area contributed by atoms with Crippen LogP contribution in [-0.2, 0) is 24.1 Å². The van der Waals surface area contributed by atoms with E-state index in [2.05, 4.69) is 28.8 Å². The van der Waals surface area contributed by atoms with Crippen LogP contribution in [-0.4, -0.2) is 25.0 Å². The Bertz CT molecular complexity index is 484. The monoisotopic (exact) mass is 308 g/mol. The van der Waals surface area contributed by atoms with Crippen LogP contribution >= 0.6 is 12.4 Å². The van der Waals surface area contributed by atoms with Crippen LogP contribution in [0.15, 0.2) is 18.2 Å². The lowest BCUT2D eigenvalue weighted by Gasteiger charge is -2.23. The summed E-state index contributed by atoms with van der Waals surface area (Å²) in [6.45, 7) is 2.04. The summed E-state index contributed by atoms with van der Waals surface area (Å²) in [5, 5.41) is 6.49. The van der Waals surface area contributed by atoms with E-state index in [1.807, 2.05) is 0 Å². The van der Waals surface area contributed by atoms with Gasteiger partial charge in [0.1, 0.15) is 0 Å². The normalized spacial score (nSPS) is 18.5. The lowest BCUT2D eigenvalue weighted by Crippen LogP contribution is -2.43. The van der Waals surface area contributed by atoms with Crippen molar-refractivity contribution in [3.63, 3.8) is 0 Å². The van der Waals surface area contributed by atoms with E-state index in [0.717, 1.165) is 31.5 Å². The molecule has 3 rings (SSSR count). The second-order valence-electron chi connectivity index (χ2n) is 6.08. The fourth-order valence-corrected chi connectivity index (χ4v) is 3.33. The zero-order valence-electron chi connectivity index (χ0n) is 12.5. The van der Waals surface area contributed by atoms with Crippen LogP contribution in [0.4, 0.5) is 0 Å². The number of rotatable bonds is 3. The van der Waals surface area contributed by atoms with Gasteiger partial charge in [-0.15, -0.1) is 12.4 Å². The van der Waals surface area contributed by atoms with Crippen LogP contribution in [0.5, 0.6) is 0 Å². The number of fused-ring (bicyclic) bond motifs is 1. The minimum atomic E-state index is 0. The van der Waals surface area contributed by atoms with Crippen LogP contribution < -0.4 is 10.6 Å². The highest BCUT2D eigenvalue weighted by atomic mass is 35.5. The van der Waals surface area contributed by atoms with Crippen molar-refractivity contribution >= 4 is 18.3 Å². The lowest BCUT2D eigenvalue weighted by molar-refractivity contribution is -0.121. The summed E-state index contributed by atoms with van der Waals surface area (Å²) in [5.41, 5.74) is 4.11. The van der Waals surface area contributed by atoms with Gasteiger partial charge in [0.05, 0.1) is 6.42 Å². The van der Waals surface area contributed by atoms with Crippen molar-refractivity contribution in [1.29, 1.82) is 0 Å². The van der Waals surface area contributed by atoms with E-state index < -0.39 is 0 Å².